The van der Waals surface area contributed by atoms with Gasteiger partial charge in [-0.3, -0.25) is 4.79 Å². The highest BCUT2D eigenvalue weighted by Gasteiger charge is 2.08. The van der Waals surface area contributed by atoms with Crippen molar-refractivity contribution in [2.45, 2.75) is 0 Å². The third-order valence-electron chi connectivity index (χ3n) is 1.19. The maximum Gasteiger partial charge on any atom is 0.251 e. The molecule has 0 heterocycles. The molecule has 4 heteroatoms. The van der Waals surface area contributed by atoms with Crippen molar-refractivity contribution in [3.05, 3.63) is 12.2 Å². The summed E-state index contributed by atoms with van der Waals surface area (Å²) in [6, 6.07) is 0. The zero-order valence-corrected chi connectivity index (χ0v) is 7.79. The third kappa shape index (κ3) is 4.10. The number of methoxy groups -OCH3 is 1. The van der Waals surface area contributed by atoms with Crippen molar-refractivity contribution in [1.82, 2.24) is 4.90 Å². The van der Waals surface area contributed by atoms with Crippen molar-refractivity contribution in [2.75, 3.05) is 34.6 Å². The molecular formula is C8H15NO3. The molecule has 0 radical (unpaired) electrons. The number of ether oxygens (including phenoxy) is 2. The monoisotopic (exact) mass is 173 g/mol. The van der Waals surface area contributed by atoms with Gasteiger partial charge in [-0.25, -0.2) is 0 Å². The first kappa shape index (κ1) is 11.1. The molecular weight excluding hydrogens is 158 g/mol. The summed E-state index contributed by atoms with van der Waals surface area (Å²) in [5.74, 6) is -0.119. The molecule has 0 spiro atoms. The van der Waals surface area contributed by atoms with E-state index in [-0.39, 0.29) is 19.3 Å². The first-order valence-electron chi connectivity index (χ1n) is 3.55. The number of hydrogen-bond donors (Lipinski definition) is 0. The van der Waals surface area contributed by atoms with E-state index in [1.54, 1.807) is 14.1 Å². The fourth-order valence-electron chi connectivity index (χ4n) is 0.626. The van der Waals surface area contributed by atoms with Crippen LogP contribution in [-0.2, 0) is 14.3 Å². The highest BCUT2D eigenvalue weighted by atomic mass is 16.7. The molecule has 0 aromatic rings. The third-order valence-corrected chi connectivity index (χ3v) is 1.19. The van der Waals surface area contributed by atoms with Crippen LogP contribution in [0.5, 0.6) is 0 Å². The Balaban J connectivity index is 3.65. The Morgan fingerprint density at radius 3 is 2.50 bits per heavy atom. The lowest BCUT2D eigenvalue weighted by molar-refractivity contribution is -0.125. The summed E-state index contributed by atoms with van der Waals surface area (Å²) in [6.45, 7) is 3.97. The number of nitrogens with zero attached hydrogens (tertiary/aromatic N) is 1. The van der Waals surface area contributed by atoms with Gasteiger partial charge in [0, 0.05) is 26.8 Å². The van der Waals surface area contributed by atoms with Crippen LogP contribution in [-0.4, -0.2) is 45.4 Å². The van der Waals surface area contributed by atoms with E-state index in [0.717, 1.165) is 0 Å². The Morgan fingerprint density at radius 2 is 2.08 bits per heavy atom. The summed E-state index contributed by atoms with van der Waals surface area (Å²) < 4.78 is 9.59. The van der Waals surface area contributed by atoms with Crippen molar-refractivity contribution < 1.29 is 14.3 Å². The number of carbonyl (C=O) groups is 1. The molecule has 0 aliphatic rings. The van der Waals surface area contributed by atoms with Crippen LogP contribution in [0.15, 0.2) is 12.2 Å². The maximum atomic E-state index is 11.1. The van der Waals surface area contributed by atoms with Gasteiger partial charge in [0.15, 0.2) is 0 Å². The van der Waals surface area contributed by atoms with E-state index < -0.39 is 0 Å². The molecule has 0 bridgehead atoms. The Bertz CT molecular complexity index is 166. The molecule has 0 rings (SSSR count). The van der Waals surface area contributed by atoms with Crippen molar-refractivity contribution in [2.24, 2.45) is 0 Å². The molecule has 70 valence electrons. The smallest absolute Gasteiger partial charge is 0.251 e. The average molecular weight is 173 g/mol. The van der Waals surface area contributed by atoms with Crippen LogP contribution in [0.3, 0.4) is 0 Å². The van der Waals surface area contributed by atoms with E-state index in [1.807, 2.05) is 0 Å². The Morgan fingerprint density at radius 1 is 1.50 bits per heavy atom. The number of carbonyl (C=O) groups excluding carboxylic acids is 1. The Hall–Kier alpha value is -0.870. The van der Waals surface area contributed by atoms with Crippen molar-refractivity contribution in [1.29, 1.82) is 0 Å². The SMILES string of the molecule is C=C(COCOC)C(=O)N(C)C. The Kier molecular flexibility index (Phi) is 5.32. The van der Waals surface area contributed by atoms with Crippen LogP contribution in [0, 0.1) is 0 Å². The molecule has 0 saturated heterocycles. The van der Waals surface area contributed by atoms with Crippen LogP contribution in [0.25, 0.3) is 0 Å². The van der Waals surface area contributed by atoms with E-state index in [2.05, 4.69) is 11.3 Å². The molecule has 0 aliphatic carbocycles. The van der Waals surface area contributed by atoms with Crippen LogP contribution in [0.4, 0.5) is 0 Å². The molecule has 12 heavy (non-hydrogen) atoms. The average Bonchev–Trinajstić information content (AvgIpc) is 2.03. The maximum absolute atomic E-state index is 11.1. The first-order valence-corrected chi connectivity index (χ1v) is 3.55. The minimum atomic E-state index is -0.119. The van der Waals surface area contributed by atoms with E-state index in [4.69, 9.17) is 4.74 Å². The topological polar surface area (TPSA) is 38.8 Å². The van der Waals surface area contributed by atoms with Crippen LogP contribution < -0.4 is 0 Å². The second-order valence-corrected chi connectivity index (χ2v) is 2.56. The van der Waals surface area contributed by atoms with Gasteiger partial charge in [-0.2, -0.15) is 0 Å². The van der Waals surface area contributed by atoms with E-state index in [0.29, 0.717) is 5.57 Å². The van der Waals surface area contributed by atoms with Crippen molar-refractivity contribution in [3.63, 3.8) is 0 Å². The number of hydrogen-bond acceptors (Lipinski definition) is 3. The lowest BCUT2D eigenvalue weighted by Crippen LogP contribution is -2.25. The number of rotatable bonds is 5. The minimum Gasteiger partial charge on any atom is -0.359 e. The largest absolute Gasteiger partial charge is 0.359 e. The molecule has 0 N–H and O–H groups in total. The summed E-state index contributed by atoms with van der Waals surface area (Å²) in [4.78, 5) is 12.6. The van der Waals surface area contributed by atoms with E-state index in [9.17, 15) is 4.79 Å². The van der Waals surface area contributed by atoms with Gasteiger partial charge in [0.1, 0.15) is 6.79 Å². The van der Waals surface area contributed by atoms with Gasteiger partial charge < -0.3 is 14.4 Å². The number of amides is 1. The molecule has 0 unspecified atom stereocenters. The molecule has 1 amide bonds. The lowest BCUT2D eigenvalue weighted by atomic mass is 10.3. The first-order chi connectivity index (χ1) is 5.59. The minimum absolute atomic E-state index is 0.119. The summed E-state index contributed by atoms with van der Waals surface area (Å²) >= 11 is 0. The van der Waals surface area contributed by atoms with E-state index in [1.165, 1.54) is 12.0 Å². The van der Waals surface area contributed by atoms with Crippen LogP contribution in [0.2, 0.25) is 0 Å². The summed E-state index contributed by atoms with van der Waals surface area (Å²) in [7, 11) is 4.87. The fraction of sp³-hybridized carbons (Fsp3) is 0.625. The van der Waals surface area contributed by atoms with E-state index >= 15 is 0 Å². The zero-order valence-electron chi connectivity index (χ0n) is 7.79. The van der Waals surface area contributed by atoms with Crippen molar-refractivity contribution >= 4 is 5.91 Å². The van der Waals surface area contributed by atoms with Gasteiger partial charge in [-0.05, 0) is 0 Å². The van der Waals surface area contributed by atoms with Gasteiger partial charge in [-0.1, -0.05) is 6.58 Å². The molecule has 0 saturated carbocycles. The highest BCUT2D eigenvalue weighted by molar-refractivity contribution is 5.92. The fourth-order valence-corrected chi connectivity index (χ4v) is 0.626. The van der Waals surface area contributed by atoms with Gasteiger partial charge >= 0.3 is 0 Å². The molecule has 4 nitrogen and oxygen atoms in total. The Labute approximate surface area is 72.8 Å². The van der Waals surface area contributed by atoms with Gasteiger partial charge in [0.2, 0.25) is 0 Å². The number of likely N-dealkylation sites (N-methyl/N-ethyl adjacent to an activating group) is 1. The molecule has 0 fully saturated rings. The van der Waals surface area contributed by atoms with Crippen LogP contribution >= 0.6 is 0 Å². The normalized spacial score (nSPS) is 9.58. The summed E-state index contributed by atoms with van der Waals surface area (Å²) in [5, 5.41) is 0. The van der Waals surface area contributed by atoms with Gasteiger partial charge in [0.05, 0.1) is 6.61 Å². The zero-order chi connectivity index (χ0) is 9.56. The van der Waals surface area contributed by atoms with Gasteiger partial charge in [-0.15, -0.1) is 0 Å². The molecule has 0 aliphatic heterocycles. The van der Waals surface area contributed by atoms with Crippen molar-refractivity contribution in [3.8, 4) is 0 Å². The quantitative estimate of drug-likeness (QED) is 0.340. The summed E-state index contributed by atoms with van der Waals surface area (Å²) in [5.41, 5.74) is 0.428. The second kappa shape index (κ2) is 5.74. The summed E-state index contributed by atoms with van der Waals surface area (Å²) in [6.07, 6.45) is 0. The van der Waals surface area contributed by atoms with Gasteiger partial charge in [0.25, 0.3) is 5.91 Å². The lowest BCUT2D eigenvalue weighted by Gasteiger charge is -2.11. The highest BCUT2D eigenvalue weighted by Crippen LogP contribution is 1.95. The second-order valence-electron chi connectivity index (χ2n) is 2.56. The molecule has 0 aromatic heterocycles. The molecule has 0 atom stereocenters. The molecule has 0 aromatic carbocycles. The standard InChI is InChI=1S/C8H15NO3/c1-7(5-12-6-11-4)8(10)9(2)3/h1,5-6H2,2-4H3. The predicted molar refractivity (Wildman–Crippen MR) is 45.7 cm³/mol. The van der Waals surface area contributed by atoms with Crippen LogP contribution in [0.1, 0.15) is 0 Å². The predicted octanol–water partition coefficient (Wildman–Crippen LogP) is 0.251.